The Labute approximate surface area is 76.6 Å². The first-order valence-electron chi connectivity index (χ1n) is 4.16. The number of carbonyl (C=O) groups excluding carboxylic acids is 1. The van der Waals surface area contributed by atoms with Gasteiger partial charge < -0.3 is 14.8 Å². The molecule has 0 aliphatic heterocycles. The fourth-order valence-electron chi connectivity index (χ4n) is 1.01. The standard InChI is InChI=1S/C9H13NO3/c1-7(11)10-5-4-8(12)9-3-2-6-13-9/h2-3,6,8,12H,4-5H2,1H3,(H,10,11). The smallest absolute Gasteiger partial charge is 0.216 e. The summed E-state index contributed by atoms with van der Waals surface area (Å²) in [6.45, 7) is 1.90. The Morgan fingerprint density at radius 2 is 2.54 bits per heavy atom. The molecule has 0 spiro atoms. The van der Waals surface area contributed by atoms with Crippen molar-refractivity contribution in [3.8, 4) is 0 Å². The van der Waals surface area contributed by atoms with E-state index in [0.717, 1.165) is 0 Å². The summed E-state index contributed by atoms with van der Waals surface area (Å²) < 4.78 is 4.99. The highest BCUT2D eigenvalue weighted by molar-refractivity contribution is 5.72. The van der Waals surface area contributed by atoms with Gasteiger partial charge in [0.05, 0.1) is 6.26 Å². The maximum Gasteiger partial charge on any atom is 0.216 e. The third-order valence-corrected chi connectivity index (χ3v) is 1.66. The van der Waals surface area contributed by atoms with E-state index < -0.39 is 6.10 Å². The molecule has 1 heterocycles. The van der Waals surface area contributed by atoms with Gasteiger partial charge in [0.15, 0.2) is 0 Å². The molecule has 4 heteroatoms. The van der Waals surface area contributed by atoms with Gasteiger partial charge in [-0.25, -0.2) is 0 Å². The predicted molar refractivity (Wildman–Crippen MR) is 47.0 cm³/mol. The second kappa shape index (κ2) is 4.67. The fraction of sp³-hybridized carbons (Fsp3) is 0.444. The number of carbonyl (C=O) groups is 1. The minimum absolute atomic E-state index is 0.0911. The molecule has 4 nitrogen and oxygen atoms in total. The van der Waals surface area contributed by atoms with Crippen LogP contribution in [0.3, 0.4) is 0 Å². The van der Waals surface area contributed by atoms with Gasteiger partial charge in [-0.1, -0.05) is 0 Å². The molecular weight excluding hydrogens is 170 g/mol. The van der Waals surface area contributed by atoms with Crippen molar-refractivity contribution in [3.63, 3.8) is 0 Å². The third-order valence-electron chi connectivity index (χ3n) is 1.66. The molecule has 1 aromatic rings. The zero-order chi connectivity index (χ0) is 9.68. The molecule has 72 valence electrons. The minimum atomic E-state index is -0.637. The second-order valence-corrected chi connectivity index (χ2v) is 2.80. The van der Waals surface area contributed by atoms with E-state index in [9.17, 15) is 9.90 Å². The van der Waals surface area contributed by atoms with Gasteiger partial charge in [0, 0.05) is 13.5 Å². The number of rotatable bonds is 4. The fourth-order valence-corrected chi connectivity index (χ4v) is 1.01. The lowest BCUT2D eigenvalue weighted by molar-refractivity contribution is -0.119. The third kappa shape index (κ3) is 3.29. The van der Waals surface area contributed by atoms with Gasteiger partial charge in [-0.05, 0) is 18.6 Å². The molecule has 0 radical (unpaired) electrons. The van der Waals surface area contributed by atoms with Crippen molar-refractivity contribution in [2.75, 3.05) is 6.54 Å². The molecule has 0 aliphatic carbocycles. The van der Waals surface area contributed by atoms with Crippen molar-refractivity contribution in [3.05, 3.63) is 24.2 Å². The van der Waals surface area contributed by atoms with Crippen LogP contribution in [0.5, 0.6) is 0 Å². The Morgan fingerprint density at radius 1 is 1.77 bits per heavy atom. The lowest BCUT2D eigenvalue weighted by atomic mass is 10.2. The van der Waals surface area contributed by atoms with Crippen molar-refractivity contribution < 1.29 is 14.3 Å². The number of aliphatic hydroxyl groups excluding tert-OH is 1. The van der Waals surface area contributed by atoms with Gasteiger partial charge >= 0.3 is 0 Å². The van der Waals surface area contributed by atoms with Crippen LogP contribution in [0, 0.1) is 0 Å². The molecule has 0 bridgehead atoms. The molecule has 0 aromatic carbocycles. The molecule has 1 atom stereocenters. The minimum Gasteiger partial charge on any atom is -0.467 e. The highest BCUT2D eigenvalue weighted by Crippen LogP contribution is 2.15. The molecule has 0 saturated carbocycles. The van der Waals surface area contributed by atoms with Crippen LogP contribution in [0.25, 0.3) is 0 Å². The molecule has 13 heavy (non-hydrogen) atoms. The van der Waals surface area contributed by atoms with E-state index in [1.54, 1.807) is 12.1 Å². The molecule has 0 aliphatic rings. The predicted octanol–water partition coefficient (Wildman–Crippen LogP) is 0.839. The van der Waals surface area contributed by atoms with Crippen molar-refractivity contribution in [1.82, 2.24) is 5.32 Å². The SMILES string of the molecule is CC(=O)NCCC(O)c1ccco1. The van der Waals surface area contributed by atoms with Crippen LogP contribution in [0.4, 0.5) is 0 Å². The maximum atomic E-state index is 10.5. The average molecular weight is 183 g/mol. The Bertz CT molecular complexity index is 256. The van der Waals surface area contributed by atoms with Crippen LogP contribution in [-0.2, 0) is 4.79 Å². The molecule has 1 aromatic heterocycles. The number of nitrogens with one attached hydrogen (secondary N) is 1. The van der Waals surface area contributed by atoms with Gasteiger partial charge in [-0.3, -0.25) is 4.79 Å². The van der Waals surface area contributed by atoms with E-state index >= 15 is 0 Å². The first kappa shape index (κ1) is 9.80. The summed E-state index contributed by atoms with van der Waals surface area (Å²) in [7, 11) is 0. The summed E-state index contributed by atoms with van der Waals surface area (Å²) in [5.41, 5.74) is 0. The van der Waals surface area contributed by atoms with Crippen LogP contribution >= 0.6 is 0 Å². The van der Waals surface area contributed by atoms with Gasteiger partial charge in [0.2, 0.25) is 5.91 Å². The van der Waals surface area contributed by atoms with Gasteiger partial charge in [0.25, 0.3) is 0 Å². The zero-order valence-electron chi connectivity index (χ0n) is 7.49. The van der Waals surface area contributed by atoms with E-state index in [1.807, 2.05) is 0 Å². The Hall–Kier alpha value is -1.29. The molecule has 1 rings (SSSR count). The summed E-state index contributed by atoms with van der Waals surface area (Å²) in [5, 5.41) is 12.1. The average Bonchev–Trinajstić information content (AvgIpc) is 2.55. The number of hydrogen-bond acceptors (Lipinski definition) is 3. The number of amides is 1. The summed E-state index contributed by atoms with van der Waals surface area (Å²) in [6, 6.07) is 3.43. The molecule has 1 amide bonds. The highest BCUT2D eigenvalue weighted by atomic mass is 16.4. The van der Waals surface area contributed by atoms with E-state index in [4.69, 9.17) is 4.42 Å². The lowest BCUT2D eigenvalue weighted by Gasteiger charge is -2.07. The van der Waals surface area contributed by atoms with Gasteiger partial charge in [-0.15, -0.1) is 0 Å². The van der Waals surface area contributed by atoms with Crippen molar-refractivity contribution in [2.45, 2.75) is 19.4 Å². The largest absolute Gasteiger partial charge is 0.467 e. The topological polar surface area (TPSA) is 62.5 Å². The normalized spacial score (nSPS) is 12.5. The van der Waals surface area contributed by atoms with E-state index in [-0.39, 0.29) is 5.91 Å². The maximum absolute atomic E-state index is 10.5. The summed E-state index contributed by atoms with van der Waals surface area (Å²) in [4.78, 5) is 10.5. The Morgan fingerprint density at radius 3 is 3.08 bits per heavy atom. The molecule has 1 unspecified atom stereocenters. The first-order chi connectivity index (χ1) is 6.20. The van der Waals surface area contributed by atoms with Crippen LogP contribution in [0.1, 0.15) is 25.2 Å². The van der Waals surface area contributed by atoms with Crippen molar-refractivity contribution in [1.29, 1.82) is 0 Å². The number of aliphatic hydroxyl groups is 1. The Balaban J connectivity index is 2.26. The molecular formula is C9H13NO3. The van der Waals surface area contributed by atoms with Crippen LogP contribution < -0.4 is 5.32 Å². The summed E-state index contributed by atoms with van der Waals surface area (Å²) in [6.07, 6.45) is 1.34. The van der Waals surface area contributed by atoms with Crippen molar-refractivity contribution in [2.24, 2.45) is 0 Å². The monoisotopic (exact) mass is 183 g/mol. The van der Waals surface area contributed by atoms with Crippen LogP contribution in [0.15, 0.2) is 22.8 Å². The quantitative estimate of drug-likeness (QED) is 0.727. The Kier molecular flexibility index (Phi) is 3.52. The number of furan rings is 1. The molecule has 2 N–H and O–H groups in total. The van der Waals surface area contributed by atoms with Gasteiger partial charge in [0.1, 0.15) is 11.9 Å². The highest BCUT2D eigenvalue weighted by Gasteiger charge is 2.09. The summed E-state index contributed by atoms with van der Waals surface area (Å²) >= 11 is 0. The lowest BCUT2D eigenvalue weighted by Crippen LogP contribution is -2.22. The van der Waals surface area contributed by atoms with Crippen LogP contribution in [0.2, 0.25) is 0 Å². The molecule has 0 saturated heterocycles. The first-order valence-corrected chi connectivity index (χ1v) is 4.16. The van der Waals surface area contributed by atoms with E-state index in [1.165, 1.54) is 13.2 Å². The second-order valence-electron chi connectivity index (χ2n) is 2.80. The number of hydrogen-bond donors (Lipinski definition) is 2. The van der Waals surface area contributed by atoms with Gasteiger partial charge in [-0.2, -0.15) is 0 Å². The van der Waals surface area contributed by atoms with Crippen LogP contribution in [-0.4, -0.2) is 17.6 Å². The van der Waals surface area contributed by atoms with E-state index in [2.05, 4.69) is 5.32 Å². The summed E-state index contributed by atoms with van der Waals surface area (Å²) in [5.74, 6) is 0.442. The molecule has 0 fully saturated rings. The zero-order valence-corrected chi connectivity index (χ0v) is 7.49. The van der Waals surface area contributed by atoms with Crippen molar-refractivity contribution >= 4 is 5.91 Å². The van der Waals surface area contributed by atoms with E-state index in [0.29, 0.717) is 18.7 Å².